The van der Waals surface area contributed by atoms with Gasteiger partial charge < -0.3 is 5.11 Å². The van der Waals surface area contributed by atoms with Crippen LogP contribution in [-0.2, 0) is 4.79 Å². The maximum Gasteiger partial charge on any atom is 0.410 e. The molecular formula is C12H15F7O2. The molecule has 0 spiro atoms. The van der Waals surface area contributed by atoms with Crippen LogP contribution in [0.1, 0.15) is 27.2 Å². The molecule has 0 rings (SSSR count). The zero-order valence-corrected chi connectivity index (χ0v) is 11.5. The van der Waals surface area contributed by atoms with Gasteiger partial charge in [0.25, 0.3) is 0 Å². The quantitative estimate of drug-likeness (QED) is 0.459. The van der Waals surface area contributed by atoms with Crippen molar-refractivity contribution >= 4 is 5.78 Å². The van der Waals surface area contributed by atoms with Crippen LogP contribution in [0.4, 0.5) is 30.7 Å². The lowest BCUT2D eigenvalue weighted by Gasteiger charge is -2.34. The fourth-order valence-corrected chi connectivity index (χ4v) is 1.53. The lowest BCUT2D eigenvalue weighted by Crippen LogP contribution is -2.54. The summed E-state index contributed by atoms with van der Waals surface area (Å²) in [5.41, 5.74) is -6.38. The van der Waals surface area contributed by atoms with Gasteiger partial charge in [-0.05, 0) is 6.42 Å². The molecule has 0 bridgehead atoms. The third kappa shape index (κ3) is 3.49. The molecule has 0 aromatic rings. The van der Waals surface area contributed by atoms with Crippen LogP contribution >= 0.6 is 0 Å². The van der Waals surface area contributed by atoms with E-state index in [1.54, 1.807) is 0 Å². The molecule has 0 aliphatic rings. The topological polar surface area (TPSA) is 37.3 Å². The second kappa shape index (κ2) is 5.84. The number of carbonyl (C=O) groups excluding carboxylic acids is 1. The minimum Gasteiger partial charge on any atom is -0.512 e. The van der Waals surface area contributed by atoms with Gasteiger partial charge in [-0.3, -0.25) is 9.18 Å². The highest BCUT2D eigenvalue weighted by atomic mass is 19.4. The average molecular weight is 324 g/mol. The van der Waals surface area contributed by atoms with Gasteiger partial charge in [-0.25, -0.2) is 0 Å². The average Bonchev–Trinajstić information content (AvgIpc) is 2.26. The standard InChI is InChI=1S/C12H15F7O2/c1-4-10(11(14,15)16,12(17,18)19)8(21)5-7(20)9(2,3)6-13/h5,20H,4,6H2,1-3H3. The van der Waals surface area contributed by atoms with Crippen molar-refractivity contribution in [3.05, 3.63) is 11.8 Å². The molecule has 0 aliphatic heterocycles. The number of alkyl halides is 7. The van der Waals surface area contributed by atoms with E-state index in [9.17, 15) is 40.6 Å². The van der Waals surface area contributed by atoms with E-state index in [1.807, 2.05) is 0 Å². The monoisotopic (exact) mass is 324 g/mol. The molecule has 1 N–H and O–H groups in total. The molecule has 0 radical (unpaired) electrons. The molecule has 124 valence electrons. The van der Waals surface area contributed by atoms with Crippen LogP contribution in [0.25, 0.3) is 0 Å². The zero-order valence-electron chi connectivity index (χ0n) is 11.5. The number of ketones is 1. The predicted molar refractivity (Wildman–Crippen MR) is 60.3 cm³/mol. The number of hydrogen-bond acceptors (Lipinski definition) is 2. The molecule has 0 aromatic heterocycles. The predicted octanol–water partition coefficient (Wildman–Crippen LogP) is 4.51. The second-order valence-electron chi connectivity index (χ2n) is 5.17. The fraction of sp³-hybridized carbons (Fsp3) is 0.750. The Morgan fingerprint density at radius 3 is 1.67 bits per heavy atom. The minimum absolute atomic E-state index is 0.190. The van der Waals surface area contributed by atoms with Crippen LogP contribution in [0.15, 0.2) is 11.8 Å². The summed E-state index contributed by atoms with van der Waals surface area (Å²) in [5.74, 6) is -3.55. The number of halogens is 7. The van der Waals surface area contributed by atoms with E-state index in [2.05, 4.69) is 0 Å². The molecule has 0 aliphatic carbocycles. The Hall–Kier alpha value is -1.28. The summed E-state index contributed by atoms with van der Waals surface area (Å²) in [4.78, 5) is 11.6. The second-order valence-corrected chi connectivity index (χ2v) is 5.17. The van der Waals surface area contributed by atoms with Gasteiger partial charge in [0.15, 0.2) is 5.78 Å². The summed E-state index contributed by atoms with van der Waals surface area (Å²) in [5, 5.41) is 9.40. The van der Waals surface area contributed by atoms with Gasteiger partial charge in [0, 0.05) is 6.08 Å². The molecule has 0 fully saturated rings. The lowest BCUT2D eigenvalue weighted by atomic mass is 9.77. The Balaban J connectivity index is 6.03. The van der Waals surface area contributed by atoms with Gasteiger partial charge in [-0.15, -0.1) is 0 Å². The summed E-state index contributed by atoms with van der Waals surface area (Å²) < 4.78 is 89.5. The van der Waals surface area contributed by atoms with Crippen molar-refractivity contribution in [3.63, 3.8) is 0 Å². The normalized spacial score (nSPS) is 15.2. The van der Waals surface area contributed by atoms with E-state index >= 15 is 0 Å². The minimum atomic E-state index is -5.90. The Labute approximate surface area is 116 Å². The Bertz CT molecular complexity index is 404. The van der Waals surface area contributed by atoms with Gasteiger partial charge >= 0.3 is 12.4 Å². The molecule has 0 saturated carbocycles. The largest absolute Gasteiger partial charge is 0.512 e. The highest BCUT2D eigenvalue weighted by Crippen LogP contribution is 2.53. The van der Waals surface area contributed by atoms with Gasteiger partial charge in [-0.2, -0.15) is 26.3 Å². The molecule has 0 aromatic carbocycles. The first-order chi connectivity index (χ1) is 9.17. The molecule has 0 amide bonds. The van der Waals surface area contributed by atoms with Crippen LogP contribution in [0.5, 0.6) is 0 Å². The Kier molecular flexibility index (Phi) is 5.49. The number of carbonyl (C=O) groups is 1. The molecular weight excluding hydrogens is 309 g/mol. The number of allylic oxidation sites excluding steroid dienone is 2. The van der Waals surface area contributed by atoms with Crippen LogP contribution in [-0.4, -0.2) is 29.9 Å². The summed E-state index contributed by atoms with van der Waals surface area (Å²) in [6.07, 6.45) is -13.6. The van der Waals surface area contributed by atoms with Crippen molar-refractivity contribution in [2.45, 2.75) is 39.5 Å². The number of rotatable bonds is 5. The third-order valence-electron chi connectivity index (χ3n) is 3.21. The first kappa shape index (κ1) is 19.7. The summed E-state index contributed by atoms with van der Waals surface area (Å²) in [6.45, 7) is 1.35. The first-order valence-electron chi connectivity index (χ1n) is 5.82. The molecule has 9 heteroatoms. The van der Waals surface area contributed by atoms with E-state index in [-0.39, 0.29) is 6.08 Å². The smallest absolute Gasteiger partial charge is 0.410 e. The van der Waals surface area contributed by atoms with Crippen molar-refractivity contribution in [2.75, 3.05) is 6.67 Å². The van der Waals surface area contributed by atoms with Crippen molar-refractivity contribution in [3.8, 4) is 0 Å². The van der Waals surface area contributed by atoms with E-state index in [0.717, 1.165) is 13.8 Å². The summed E-state index contributed by atoms with van der Waals surface area (Å²) in [6, 6.07) is 0. The van der Waals surface area contributed by atoms with Crippen LogP contribution < -0.4 is 0 Å². The van der Waals surface area contributed by atoms with Crippen molar-refractivity contribution in [1.82, 2.24) is 0 Å². The number of hydrogen-bond donors (Lipinski definition) is 1. The molecule has 0 saturated heterocycles. The Morgan fingerprint density at radius 1 is 1.05 bits per heavy atom. The fourth-order valence-electron chi connectivity index (χ4n) is 1.53. The third-order valence-corrected chi connectivity index (χ3v) is 3.21. The van der Waals surface area contributed by atoms with Crippen molar-refractivity contribution in [2.24, 2.45) is 10.8 Å². The van der Waals surface area contributed by atoms with Crippen LogP contribution in [0.3, 0.4) is 0 Å². The molecule has 2 nitrogen and oxygen atoms in total. The van der Waals surface area contributed by atoms with E-state index in [0.29, 0.717) is 6.92 Å². The lowest BCUT2D eigenvalue weighted by molar-refractivity contribution is -0.323. The maximum absolute atomic E-state index is 12.8. The molecule has 0 heterocycles. The summed E-state index contributed by atoms with van der Waals surface area (Å²) in [7, 11) is 0. The van der Waals surface area contributed by atoms with Gasteiger partial charge in [-0.1, -0.05) is 20.8 Å². The molecule has 0 atom stereocenters. The summed E-state index contributed by atoms with van der Waals surface area (Å²) >= 11 is 0. The highest BCUT2D eigenvalue weighted by Gasteiger charge is 2.73. The van der Waals surface area contributed by atoms with Crippen molar-refractivity contribution < 1.29 is 40.6 Å². The Morgan fingerprint density at radius 2 is 1.43 bits per heavy atom. The van der Waals surface area contributed by atoms with Gasteiger partial charge in [0.1, 0.15) is 12.4 Å². The van der Waals surface area contributed by atoms with Gasteiger partial charge in [0.2, 0.25) is 5.41 Å². The van der Waals surface area contributed by atoms with E-state index in [1.165, 1.54) is 0 Å². The highest BCUT2D eigenvalue weighted by molar-refractivity contribution is 5.96. The number of aliphatic hydroxyl groups is 1. The van der Waals surface area contributed by atoms with Crippen molar-refractivity contribution in [1.29, 1.82) is 0 Å². The number of aliphatic hydroxyl groups excluding tert-OH is 1. The van der Waals surface area contributed by atoms with Crippen LogP contribution in [0, 0.1) is 10.8 Å². The SMILES string of the molecule is CCC(C(=O)C=C(O)C(C)(C)CF)(C(F)(F)F)C(F)(F)F. The van der Waals surface area contributed by atoms with E-state index < -0.39 is 47.8 Å². The van der Waals surface area contributed by atoms with Crippen LogP contribution in [0.2, 0.25) is 0 Å². The zero-order chi connectivity index (χ0) is 17.3. The van der Waals surface area contributed by atoms with Gasteiger partial charge in [0.05, 0.1) is 5.41 Å². The maximum atomic E-state index is 12.8. The molecule has 21 heavy (non-hydrogen) atoms. The van der Waals surface area contributed by atoms with E-state index in [4.69, 9.17) is 0 Å². The molecule has 0 unspecified atom stereocenters. The first-order valence-corrected chi connectivity index (χ1v) is 5.82.